The van der Waals surface area contributed by atoms with Crippen molar-refractivity contribution in [1.29, 1.82) is 0 Å². The van der Waals surface area contributed by atoms with Crippen LogP contribution in [0.5, 0.6) is 5.75 Å². The minimum atomic E-state index is -0.917. The quantitative estimate of drug-likeness (QED) is 0.917. The zero-order valence-corrected chi connectivity index (χ0v) is 11.4. The van der Waals surface area contributed by atoms with E-state index in [1.54, 1.807) is 6.92 Å². The Bertz CT molecular complexity index is 560. The molecule has 1 saturated heterocycles. The van der Waals surface area contributed by atoms with Gasteiger partial charge in [-0.05, 0) is 31.5 Å². The average Bonchev–Trinajstić information content (AvgIpc) is 2.82. The Morgan fingerprint density at radius 3 is 2.70 bits per heavy atom. The van der Waals surface area contributed by atoms with Gasteiger partial charge in [0.05, 0.1) is 12.5 Å². The van der Waals surface area contributed by atoms with Gasteiger partial charge >= 0.3 is 5.97 Å². The maximum absolute atomic E-state index is 13.3. The molecular weight excluding hydrogens is 265 g/mol. The molecule has 1 fully saturated rings. The van der Waals surface area contributed by atoms with E-state index in [1.807, 2.05) is 0 Å². The first-order valence-electron chi connectivity index (χ1n) is 6.23. The molecule has 1 unspecified atom stereocenters. The monoisotopic (exact) mass is 281 g/mol. The van der Waals surface area contributed by atoms with E-state index in [0.717, 1.165) is 0 Å². The van der Waals surface area contributed by atoms with E-state index in [-0.39, 0.29) is 23.8 Å². The number of amides is 1. The molecule has 0 aliphatic carbocycles. The molecule has 0 radical (unpaired) electrons. The van der Waals surface area contributed by atoms with Crippen molar-refractivity contribution in [3.8, 4) is 5.75 Å². The fourth-order valence-electron chi connectivity index (χ4n) is 2.28. The van der Waals surface area contributed by atoms with Crippen molar-refractivity contribution < 1.29 is 23.8 Å². The second-order valence-electron chi connectivity index (χ2n) is 5.19. The van der Waals surface area contributed by atoms with Gasteiger partial charge in [0.1, 0.15) is 0 Å². The van der Waals surface area contributed by atoms with Crippen LogP contribution in [-0.4, -0.2) is 42.1 Å². The van der Waals surface area contributed by atoms with Crippen LogP contribution in [0, 0.1) is 11.2 Å². The number of hydrogen-bond acceptors (Lipinski definition) is 3. The number of ether oxygens (including phenoxy) is 1. The van der Waals surface area contributed by atoms with Crippen LogP contribution in [0.25, 0.3) is 0 Å². The zero-order chi connectivity index (χ0) is 14.9. The van der Waals surface area contributed by atoms with E-state index in [4.69, 9.17) is 9.84 Å². The summed E-state index contributed by atoms with van der Waals surface area (Å²) in [6.45, 7) is 2.15. The molecule has 5 nitrogen and oxygen atoms in total. The first-order valence-corrected chi connectivity index (χ1v) is 6.23. The highest BCUT2D eigenvalue weighted by Gasteiger charge is 2.42. The summed E-state index contributed by atoms with van der Waals surface area (Å²) < 4.78 is 18.1. The molecule has 1 N–H and O–H groups in total. The number of carbonyl (C=O) groups excluding carboxylic acids is 1. The number of carboxylic acid groups (broad SMARTS) is 1. The van der Waals surface area contributed by atoms with Crippen molar-refractivity contribution in [3.63, 3.8) is 0 Å². The summed E-state index contributed by atoms with van der Waals surface area (Å²) in [6.07, 6.45) is 0.409. The number of rotatable bonds is 3. The summed E-state index contributed by atoms with van der Waals surface area (Å²) in [5, 5.41) is 9.15. The molecular formula is C14H16FNO4. The van der Waals surface area contributed by atoms with E-state index in [9.17, 15) is 14.0 Å². The maximum Gasteiger partial charge on any atom is 0.311 e. The Labute approximate surface area is 116 Å². The molecule has 0 spiro atoms. The molecule has 1 amide bonds. The number of benzene rings is 1. The molecule has 1 aromatic carbocycles. The topological polar surface area (TPSA) is 66.8 Å². The maximum atomic E-state index is 13.3. The van der Waals surface area contributed by atoms with Crippen molar-refractivity contribution in [3.05, 3.63) is 29.6 Å². The van der Waals surface area contributed by atoms with Crippen LogP contribution in [0.1, 0.15) is 23.7 Å². The number of hydrogen-bond donors (Lipinski definition) is 1. The third kappa shape index (κ3) is 2.45. The fraction of sp³-hybridized carbons (Fsp3) is 0.429. The second kappa shape index (κ2) is 5.11. The van der Waals surface area contributed by atoms with Crippen molar-refractivity contribution in [2.75, 3.05) is 20.2 Å². The molecule has 1 aromatic rings. The summed E-state index contributed by atoms with van der Waals surface area (Å²) in [5.74, 6) is -1.77. The minimum absolute atomic E-state index is 0.00366. The number of nitrogens with zero attached hydrogens (tertiary/aromatic N) is 1. The van der Waals surface area contributed by atoms with Crippen LogP contribution >= 0.6 is 0 Å². The van der Waals surface area contributed by atoms with E-state index < -0.39 is 17.2 Å². The lowest BCUT2D eigenvalue weighted by Gasteiger charge is -2.20. The summed E-state index contributed by atoms with van der Waals surface area (Å²) in [5.41, 5.74) is -0.627. The summed E-state index contributed by atoms with van der Waals surface area (Å²) in [4.78, 5) is 24.9. The Morgan fingerprint density at radius 1 is 1.45 bits per heavy atom. The van der Waals surface area contributed by atoms with Gasteiger partial charge in [0, 0.05) is 18.7 Å². The predicted molar refractivity (Wildman–Crippen MR) is 69.2 cm³/mol. The van der Waals surface area contributed by atoms with Crippen LogP contribution < -0.4 is 4.74 Å². The first-order chi connectivity index (χ1) is 9.37. The molecule has 1 heterocycles. The molecule has 108 valence electrons. The van der Waals surface area contributed by atoms with E-state index in [2.05, 4.69) is 0 Å². The summed E-state index contributed by atoms with van der Waals surface area (Å²) >= 11 is 0. The standard InChI is InChI=1S/C14H16FNO4/c1-14(13(18)19)5-6-16(8-14)12(17)9-3-4-10(15)11(7-9)20-2/h3-4,7H,5-6,8H2,1-2H3,(H,18,19). The predicted octanol–water partition coefficient (Wildman–Crippen LogP) is 1.77. The van der Waals surface area contributed by atoms with Crippen molar-refractivity contribution in [2.45, 2.75) is 13.3 Å². The van der Waals surface area contributed by atoms with Gasteiger partial charge in [0.25, 0.3) is 5.91 Å². The highest BCUT2D eigenvalue weighted by molar-refractivity contribution is 5.95. The lowest BCUT2D eigenvalue weighted by Crippen LogP contribution is -2.34. The van der Waals surface area contributed by atoms with Gasteiger partial charge in [0.15, 0.2) is 11.6 Å². The number of halogens is 1. The lowest BCUT2D eigenvalue weighted by molar-refractivity contribution is -0.147. The van der Waals surface area contributed by atoms with Gasteiger partial charge < -0.3 is 14.7 Å². The van der Waals surface area contributed by atoms with Crippen LogP contribution in [-0.2, 0) is 4.79 Å². The van der Waals surface area contributed by atoms with Crippen LogP contribution in [0.3, 0.4) is 0 Å². The fourth-order valence-corrected chi connectivity index (χ4v) is 2.28. The van der Waals surface area contributed by atoms with Crippen molar-refractivity contribution >= 4 is 11.9 Å². The minimum Gasteiger partial charge on any atom is -0.494 e. The Balaban J connectivity index is 2.19. The highest BCUT2D eigenvalue weighted by atomic mass is 19.1. The van der Waals surface area contributed by atoms with E-state index >= 15 is 0 Å². The van der Waals surface area contributed by atoms with Gasteiger partial charge in [-0.15, -0.1) is 0 Å². The normalized spacial score (nSPS) is 21.9. The van der Waals surface area contributed by atoms with Crippen molar-refractivity contribution in [1.82, 2.24) is 4.90 Å². The highest BCUT2D eigenvalue weighted by Crippen LogP contribution is 2.31. The molecule has 0 saturated carbocycles. The van der Waals surface area contributed by atoms with Gasteiger partial charge in [-0.3, -0.25) is 9.59 Å². The van der Waals surface area contributed by atoms with Gasteiger partial charge in [-0.1, -0.05) is 0 Å². The third-order valence-corrected chi connectivity index (χ3v) is 3.67. The molecule has 6 heteroatoms. The summed E-state index contributed by atoms with van der Waals surface area (Å²) in [6, 6.07) is 3.86. The molecule has 2 rings (SSSR count). The van der Waals surface area contributed by atoms with Crippen molar-refractivity contribution in [2.24, 2.45) is 5.41 Å². The molecule has 0 aromatic heterocycles. The average molecular weight is 281 g/mol. The molecule has 0 bridgehead atoms. The Hall–Kier alpha value is -2.11. The Morgan fingerprint density at radius 2 is 2.15 bits per heavy atom. The van der Waals surface area contributed by atoms with Crippen LogP contribution in [0.2, 0.25) is 0 Å². The van der Waals surface area contributed by atoms with Gasteiger partial charge in [0.2, 0.25) is 0 Å². The largest absolute Gasteiger partial charge is 0.494 e. The van der Waals surface area contributed by atoms with Gasteiger partial charge in [-0.25, -0.2) is 4.39 Å². The van der Waals surface area contributed by atoms with E-state index in [1.165, 1.54) is 30.2 Å². The third-order valence-electron chi connectivity index (χ3n) is 3.67. The molecule has 20 heavy (non-hydrogen) atoms. The second-order valence-corrected chi connectivity index (χ2v) is 5.19. The van der Waals surface area contributed by atoms with Crippen LogP contribution in [0.15, 0.2) is 18.2 Å². The Kier molecular flexibility index (Phi) is 3.65. The lowest BCUT2D eigenvalue weighted by atomic mass is 9.90. The number of likely N-dealkylation sites (tertiary alicyclic amines) is 1. The molecule has 1 atom stereocenters. The summed E-state index contributed by atoms with van der Waals surface area (Å²) in [7, 11) is 1.32. The number of carbonyl (C=O) groups is 2. The smallest absolute Gasteiger partial charge is 0.311 e. The first kappa shape index (κ1) is 14.3. The molecule has 1 aliphatic rings. The van der Waals surface area contributed by atoms with E-state index in [0.29, 0.717) is 13.0 Å². The number of methoxy groups -OCH3 is 1. The molecule has 1 aliphatic heterocycles. The zero-order valence-electron chi connectivity index (χ0n) is 11.4. The number of carboxylic acids is 1. The van der Waals surface area contributed by atoms with Crippen LogP contribution in [0.4, 0.5) is 4.39 Å². The van der Waals surface area contributed by atoms with Gasteiger partial charge in [-0.2, -0.15) is 0 Å². The number of aliphatic carboxylic acids is 1. The SMILES string of the molecule is COc1cc(C(=O)N2CCC(C)(C(=O)O)C2)ccc1F.